The molecular weight excluding hydrogens is 264 g/mol. The molecule has 0 radical (unpaired) electrons. The largest absolute Gasteiger partial charge is 0.484 e. The topological polar surface area (TPSA) is 52.8 Å². The second kappa shape index (κ2) is 5.75. The third-order valence-electron chi connectivity index (χ3n) is 3.03. The zero-order valence-corrected chi connectivity index (χ0v) is 12.0. The van der Waals surface area contributed by atoms with E-state index in [2.05, 4.69) is 34.1 Å². The molecule has 2 heterocycles. The highest BCUT2D eigenvalue weighted by atomic mass is 16.5. The summed E-state index contributed by atoms with van der Waals surface area (Å²) in [5.41, 5.74) is 2.17. The Hall–Kier alpha value is -2.69. The van der Waals surface area contributed by atoms with Gasteiger partial charge in [0.25, 0.3) is 0 Å². The smallest absolute Gasteiger partial charge is 0.170 e. The van der Waals surface area contributed by atoms with Crippen molar-refractivity contribution in [2.45, 2.75) is 20.5 Å². The Morgan fingerprint density at radius 1 is 1.14 bits per heavy atom. The third kappa shape index (κ3) is 3.08. The molecule has 5 nitrogen and oxygen atoms in total. The van der Waals surface area contributed by atoms with Gasteiger partial charge in [-0.15, -0.1) is 0 Å². The maximum Gasteiger partial charge on any atom is 0.170 e. The fraction of sp³-hybridized carbons (Fsp3) is 0.188. The van der Waals surface area contributed by atoms with Gasteiger partial charge < -0.3 is 4.74 Å². The van der Waals surface area contributed by atoms with Crippen LogP contribution in [0.4, 0.5) is 0 Å². The summed E-state index contributed by atoms with van der Waals surface area (Å²) >= 11 is 0. The zero-order valence-electron chi connectivity index (χ0n) is 12.0. The highest BCUT2D eigenvalue weighted by Crippen LogP contribution is 2.14. The number of aromatic nitrogens is 4. The van der Waals surface area contributed by atoms with Crippen molar-refractivity contribution >= 4 is 0 Å². The summed E-state index contributed by atoms with van der Waals surface area (Å²) < 4.78 is 7.53. The molecule has 1 aromatic carbocycles. The lowest BCUT2D eigenvalue weighted by Gasteiger charge is -2.08. The molecule has 5 heteroatoms. The average molecular weight is 280 g/mol. The number of pyridine rings is 1. The number of rotatable bonds is 4. The molecular formula is C16H16N4O. The van der Waals surface area contributed by atoms with Gasteiger partial charge in [-0.2, -0.15) is 5.10 Å². The summed E-state index contributed by atoms with van der Waals surface area (Å²) in [6, 6.07) is 11.8. The summed E-state index contributed by atoms with van der Waals surface area (Å²) in [4.78, 5) is 8.46. The number of hydrogen-bond acceptors (Lipinski definition) is 4. The molecule has 0 saturated carbocycles. The molecule has 3 aromatic rings. The second-order valence-corrected chi connectivity index (χ2v) is 4.80. The summed E-state index contributed by atoms with van der Waals surface area (Å²) in [6.07, 6.45) is 3.40. The van der Waals surface area contributed by atoms with E-state index in [9.17, 15) is 0 Å². The van der Waals surface area contributed by atoms with Gasteiger partial charge in [0.05, 0.1) is 11.9 Å². The van der Waals surface area contributed by atoms with Crippen molar-refractivity contribution in [3.63, 3.8) is 0 Å². The Labute approximate surface area is 123 Å². The molecule has 0 unspecified atom stereocenters. The standard InChI is InChI=1S/C16H16N4O/c1-12-5-3-6-14(9-12)20-16(18-13(2)19-20)11-21-15-7-4-8-17-10-15/h3-10H,11H2,1-2H3. The average Bonchev–Trinajstić information content (AvgIpc) is 2.87. The monoisotopic (exact) mass is 280 g/mol. The predicted molar refractivity (Wildman–Crippen MR) is 79.4 cm³/mol. The van der Waals surface area contributed by atoms with Crippen LogP contribution in [0.15, 0.2) is 48.8 Å². The second-order valence-electron chi connectivity index (χ2n) is 4.80. The van der Waals surface area contributed by atoms with Crippen molar-refractivity contribution in [2.75, 3.05) is 0 Å². The maximum atomic E-state index is 5.71. The van der Waals surface area contributed by atoms with Gasteiger partial charge in [0.2, 0.25) is 0 Å². The van der Waals surface area contributed by atoms with E-state index in [1.54, 1.807) is 12.4 Å². The van der Waals surface area contributed by atoms with E-state index in [-0.39, 0.29) is 0 Å². The molecule has 0 aliphatic rings. The molecule has 3 rings (SSSR count). The number of hydrogen-bond donors (Lipinski definition) is 0. The van der Waals surface area contributed by atoms with Crippen LogP contribution >= 0.6 is 0 Å². The fourth-order valence-corrected chi connectivity index (χ4v) is 2.10. The van der Waals surface area contributed by atoms with Crippen LogP contribution in [0.3, 0.4) is 0 Å². The highest BCUT2D eigenvalue weighted by Gasteiger charge is 2.10. The van der Waals surface area contributed by atoms with Crippen molar-refractivity contribution in [1.29, 1.82) is 0 Å². The lowest BCUT2D eigenvalue weighted by Crippen LogP contribution is -2.07. The third-order valence-corrected chi connectivity index (χ3v) is 3.03. The quantitative estimate of drug-likeness (QED) is 0.737. The van der Waals surface area contributed by atoms with Gasteiger partial charge in [0.15, 0.2) is 5.82 Å². The zero-order chi connectivity index (χ0) is 14.7. The van der Waals surface area contributed by atoms with Crippen LogP contribution < -0.4 is 4.74 Å². The van der Waals surface area contributed by atoms with E-state index < -0.39 is 0 Å². The molecule has 0 amide bonds. The molecule has 0 atom stereocenters. The van der Waals surface area contributed by atoms with Crippen molar-refractivity contribution < 1.29 is 4.74 Å². The van der Waals surface area contributed by atoms with Crippen molar-refractivity contribution in [1.82, 2.24) is 19.7 Å². The first-order valence-corrected chi connectivity index (χ1v) is 6.75. The Balaban J connectivity index is 1.86. The van der Waals surface area contributed by atoms with Crippen molar-refractivity contribution in [3.8, 4) is 11.4 Å². The molecule has 2 aromatic heterocycles. The Bertz CT molecular complexity index is 737. The van der Waals surface area contributed by atoms with Gasteiger partial charge in [0, 0.05) is 6.20 Å². The molecule has 0 spiro atoms. The normalized spacial score (nSPS) is 10.6. The van der Waals surface area contributed by atoms with E-state index in [0.717, 1.165) is 17.3 Å². The van der Waals surface area contributed by atoms with Gasteiger partial charge >= 0.3 is 0 Å². The van der Waals surface area contributed by atoms with Gasteiger partial charge in [-0.25, -0.2) is 9.67 Å². The first-order chi connectivity index (χ1) is 10.2. The molecule has 0 N–H and O–H groups in total. The summed E-state index contributed by atoms with van der Waals surface area (Å²) in [5.74, 6) is 2.21. The Morgan fingerprint density at radius 3 is 2.81 bits per heavy atom. The SMILES string of the molecule is Cc1cccc(-n2nc(C)nc2COc2cccnc2)c1. The number of ether oxygens (including phenoxy) is 1. The van der Waals surface area contributed by atoms with Crippen LogP contribution in [0, 0.1) is 13.8 Å². The lowest BCUT2D eigenvalue weighted by atomic mass is 10.2. The number of nitrogens with zero attached hydrogens (tertiary/aromatic N) is 4. The van der Waals surface area contributed by atoms with E-state index in [4.69, 9.17) is 4.74 Å². The van der Waals surface area contributed by atoms with Crippen LogP contribution in [0.2, 0.25) is 0 Å². The van der Waals surface area contributed by atoms with Crippen molar-refractivity contribution in [2.24, 2.45) is 0 Å². The highest BCUT2D eigenvalue weighted by molar-refractivity contribution is 5.35. The molecule has 0 bridgehead atoms. The minimum absolute atomic E-state index is 0.348. The summed E-state index contributed by atoms with van der Waals surface area (Å²) in [5, 5.41) is 4.44. The van der Waals surface area contributed by atoms with Crippen LogP contribution in [0.1, 0.15) is 17.2 Å². The van der Waals surface area contributed by atoms with E-state index >= 15 is 0 Å². The first-order valence-electron chi connectivity index (χ1n) is 6.75. The van der Waals surface area contributed by atoms with Gasteiger partial charge in [-0.05, 0) is 43.7 Å². The minimum Gasteiger partial charge on any atom is -0.484 e. The fourth-order valence-electron chi connectivity index (χ4n) is 2.10. The number of aryl methyl sites for hydroxylation is 2. The van der Waals surface area contributed by atoms with Gasteiger partial charge in [-0.1, -0.05) is 12.1 Å². The molecule has 0 fully saturated rings. The number of benzene rings is 1. The van der Waals surface area contributed by atoms with Crippen molar-refractivity contribution in [3.05, 3.63) is 66.0 Å². The Kier molecular flexibility index (Phi) is 3.64. The molecule has 0 saturated heterocycles. The molecule has 21 heavy (non-hydrogen) atoms. The minimum atomic E-state index is 0.348. The van der Waals surface area contributed by atoms with E-state index in [1.165, 1.54) is 5.56 Å². The maximum absolute atomic E-state index is 5.71. The van der Waals surface area contributed by atoms with Crippen LogP contribution in [-0.4, -0.2) is 19.7 Å². The summed E-state index contributed by atoms with van der Waals surface area (Å²) in [6.45, 7) is 4.28. The van der Waals surface area contributed by atoms with Crippen LogP contribution in [0.5, 0.6) is 5.75 Å². The molecule has 0 aliphatic heterocycles. The molecule has 0 aliphatic carbocycles. The predicted octanol–water partition coefficient (Wildman–Crippen LogP) is 2.86. The van der Waals surface area contributed by atoms with Crippen LogP contribution in [0.25, 0.3) is 5.69 Å². The lowest BCUT2D eigenvalue weighted by molar-refractivity contribution is 0.291. The molecule has 106 valence electrons. The summed E-state index contributed by atoms with van der Waals surface area (Å²) in [7, 11) is 0. The van der Waals surface area contributed by atoms with E-state index in [1.807, 2.05) is 35.9 Å². The van der Waals surface area contributed by atoms with E-state index in [0.29, 0.717) is 12.4 Å². The van der Waals surface area contributed by atoms with Gasteiger partial charge in [0.1, 0.15) is 18.2 Å². The van der Waals surface area contributed by atoms with Gasteiger partial charge in [-0.3, -0.25) is 4.98 Å². The van der Waals surface area contributed by atoms with Crippen LogP contribution in [-0.2, 0) is 6.61 Å². The first kappa shape index (κ1) is 13.3. The Morgan fingerprint density at radius 2 is 2.05 bits per heavy atom.